The smallest absolute Gasteiger partial charge is 0.166 e. The third-order valence-corrected chi connectivity index (χ3v) is 3.50. The molecule has 0 aromatic heterocycles. The van der Waals surface area contributed by atoms with Crippen LogP contribution in [0.15, 0.2) is 24.0 Å². The molecule has 98 valence electrons. The maximum absolute atomic E-state index is 12.1. The normalized spacial score (nSPS) is 24.3. The van der Waals surface area contributed by atoms with Gasteiger partial charge in [0.25, 0.3) is 0 Å². The standard InChI is InChI=1S/C15H20O3/c1-5-7-15(8-6-13(16)11(2)3)10-12(18-4)9-14(15)17/h1,9,13,16H,2,6-8,10H2,3-4H3/t13-,15-/m0/s1. The lowest BCUT2D eigenvalue weighted by molar-refractivity contribution is -0.123. The van der Waals surface area contributed by atoms with Crippen LogP contribution in [0.1, 0.15) is 32.6 Å². The number of terminal acetylenes is 1. The zero-order valence-electron chi connectivity index (χ0n) is 11.0. The van der Waals surface area contributed by atoms with Gasteiger partial charge >= 0.3 is 0 Å². The molecule has 1 rings (SSSR count). The van der Waals surface area contributed by atoms with Gasteiger partial charge in [0.15, 0.2) is 5.78 Å². The Morgan fingerprint density at radius 3 is 2.89 bits per heavy atom. The molecule has 0 aromatic carbocycles. The molecule has 0 aliphatic heterocycles. The van der Waals surface area contributed by atoms with Crippen LogP contribution >= 0.6 is 0 Å². The first-order chi connectivity index (χ1) is 8.45. The van der Waals surface area contributed by atoms with Crippen LogP contribution in [-0.4, -0.2) is 24.1 Å². The molecule has 0 unspecified atom stereocenters. The van der Waals surface area contributed by atoms with E-state index < -0.39 is 11.5 Å². The van der Waals surface area contributed by atoms with Gasteiger partial charge in [-0.05, 0) is 19.8 Å². The van der Waals surface area contributed by atoms with Gasteiger partial charge in [-0.3, -0.25) is 4.79 Å². The summed E-state index contributed by atoms with van der Waals surface area (Å²) < 4.78 is 5.13. The van der Waals surface area contributed by atoms with Crippen LogP contribution in [0.25, 0.3) is 0 Å². The summed E-state index contributed by atoms with van der Waals surface area (Å²) in [6, 6.07) is 0. The maximum Gasteiger partial charge on any atom is 0.166 e. The quantitative estimate of drug-likeness (QED) is 0.579. The van der Waals surface area contributed by atoms with E-state index in [4.69, 9.17) is 11.2 Å². The average molecular weight is 248 g/mol. The van der Waals surface area contributed by atoms with Gasteiger partial charge in [-0.25, -0.2) is 0 Å². The number of rotatable bonds is 6. The topological polar surface area (TPSA) is 46.5 Å². The first-order valence-corrected chi connectivity index (χ1v) is 6.01. The molecule has 18 heavy (non-hydrogen) atoms. The molecule has 0 aromatic rings. The van der Waals surface area contributed by atoms with Gasteiger partial charge in [-0.15, -0.1) is 12.3 Å². The third kappa shape index (κ3) is 3.02. The van der Waals surface area contributed by atoms with Crippen LogP contribution in [0.3, 0.4) is 0 Å². The number of carbonyl (C=O) groups is 1. The van der Waals surface area contributed by atoms with Crippen molar-refractivity contribution in [3.05, 3.63) is 24.0 Å². The minimum absolute atomic E-state index is 0.00575. The molecule has 2 atom stereocenters. The fraction of sp³-hybridized carbons (Fsp3) is 0.533. The molecule has 1 aliphatic rings. The van der Waals surface area contributed by atoms with Gasteiger partial charge in [0.2, 0.25) is 0 Å². The first kappa shape index (κ1) is 14.5. The molecule has 0 bridgehead atoms. The van der Waals surface area contributed by atoms with E-state index in [1.54, 1.807) is 14.0 Å². The van der Waals surface area contributed by atoms with E-state index in [0.717, 1.165) is 0 Å². The molecule has 0 saturated carbocycles. The van der Waals surface area contributed by atoms with Crippen molar-refractivity contribution in [1.29, 1.82) is 0 Å². The average Bonchev–Trinajstić information content (AvgIpc) is 2.64. The second kappa shape index (κ2) is 5.88. The number of aliphatic hydroxyl groups is 1. The van der Waals surface area contributed by atoms with E-state index >= 15 is 0 Å². The van der Waals surface area contributed by atoms with Gasteiger partial charge in [-0.2, -0.15) is 0 Å². The lowest BCUT2D eigenvalue weighted by Crippen LogP contribution is -2.28. The van der Waals surface area contributed by atoms with Crippen LogP contribution in [0, 0.1) is 17.8 Å². The molecule has 0 radical (unpaired) electrons. The van der Waals surface area contributed by atoms with Gasteiger partial charge < -0.3 is 9.84 Å². The molecule has 0 amide bonds. The molecule has 0 heterocycles. The van der Waals surface area contributed by atoms with Crippen LogP contribution in [-0.2, 0) is 9.53 Å². The Morgan fingerprint density at radius 2 is 2.44 bits per heavy atom. The van der Waals surface area contributed by atoms with E-state index in [1.807, 2.05) is 0 Å². The van der Waals surface area contributed by atoms with Gasteiger partial charge in [0.1, 0.15) is 5.76 Å². The zero-order valence-corrected chi connectivity index (χ0v) is 11.0. The predicted octanol–water partition coefficient (Wildman–Crippen LogP) is 2.22. The molecule has 0 saturated heterocycles. The highest BCUT2D eigenvalue weighted by atomic mass is 16.5. The van der Waals surface area contributed by atoms with Crippen molar-refractivity contribution < 1.29 is 14.6 Å². The molecule has 0 fully saturated rings. The van der Waals surface area contributed by atoms with Gasteiger partial charge in [0, 0.05) is 18.9 Å². The van der Waals surface area contributed by atoms with Crippen LogP contribution in [0.2, 0.25) is 0 Å². The molecule has 3 nitrogen and oxygen atoms in total. The number of allylic oxidation sites excluding steroid dienone is 2. The highest BCUT2D eigenvalue weighted by Gasteiger charge is 2.42. The predicted molar refractivity (Wildman–Crippen MR) is 70.7 cm³/mol. The van der Waals surface area contributed by atoms with Crippen molar-refractivity contribution in [2.24, 2.45) is 5.41 Å². The fourth-order valence-electron chi connectivity index (χ4n) is 2.21. The third-order valence-electron chi connectivity index (χ3n) is 3.50. The van der Waals surface area contributed by atoms with Crippen molar-refractivity contribution in [2.45, 2.75) is 38.7 Å². The minimum Gasteiger partial charge on any atom is -0.501 e. The van der Waals surface area contributed by atoms with E-state index in [1.165, 1.54) is 6.08 Å². The number of hydrogen-bond donors (Lipinski definition) is 1. The minimum atomic E-state index is -0.601. The summed E-state index contributed by atoms with van der Waals surface area (Å²) in [5.41, 5.74) is 0.104. The Bertz CT molecular complexity index is 414. The maximum atomic E-state index is 12.1. The molecule has 0 spiro atoms. The second-order valence-electron chi connectivity index (χ2n) is 4.92. The number of ether oxygens (including phenoxy) is 1. The van der Waals surface area contributed by atoms with Crippen LogP contribution in [0.4, 0.5) is 0 Å². The van der Waals surface area contributed by atoms with Crippen molar-refractivity contribution in [1.82, 2.24) is 0 Å². The monoisotopic (exact) mass is 248 g/mol. The Labute approximate surface area is 109 Å². The molecule has 1 N–H and O–H groups in total. The number of methoxy groups -OCH3 is 1. The Morgan fingerprint density at radius 1 is 1.78 bits per heavy atom. The molecule has 3 heteroatoms. The number of carbonyl (C=O) groups excluding carboxylic acids is 1. The number of hydrogen-bond acceptors (Lipinski definition) is 3. The SMILES string of the molecule is C#CC[C@]1(CC[C@H](O)C(=C)C)CC(OC)=CC1=O. The summed E-state index contributed by atoms with van der Waals surface area (Å²) in [5, 5.41) is 9.77. The Hall–Kier alpha value is -1.53. The Kier molecular flexibility index (Phi) is 4.75. The molecular weight excluding hydrogens is 228 g/mol. The highest BCUT2D eigenvalue weighted by molar-refractivity contribution is 5.98. The number of aliphatic hydroxyl groups excluding tert-OH is 1. The van der Waals surface area contributed by atoms with E-state index in [9.17, 15) is 9.90 Å². The summed E-state index contributed by atoms with van der Waals surface area (Å²) in [6.45, 7) is 5.48. The van der Waals surface area contributed by atoms with Crippen LogP contribution < -0.4 is 0 Å². The lowest BCUT2D eigenvalue weighted by atomic mass is 9.76. The Balaban J connectivity index is 2.76. The summed E-state index contributed by atoms with van der Waals surface area (Å²) in [7, 11) is 1.55. The van der Waals surface area contributed by atoms with Gasteiger partial charge in [-0.1, -0.05) is 12.2 Å². The second-order valence-corrected chi connectivity index (χ2v) is 4.92. The fourth-order valence-corrected chi connectivity index (χ4v) is 2.21. The zero-order chi connectivity index (χ0) is 13.8. The van der Waals surface area contributed by atoms with Crippen molar-refractivity contribution in [2.75, 3.05) is 7.11 Å². The van der Waals surface area contributed by atoms with Gasteiger partial charge in [0.05, 0.1) is 18.6 Å². The van der Waals surface area contributed by atoms with E-state index in [-0.39, 0.29) is 5.78 Å². The highest BCUT2D eigenvalue weighted by Crippen LogP contribution is 2.42. The van der Waals surface area contributed by atoms with Crippen molar-refractivity contribution in [3.8, 4) is 12.3 Å². The molecule has 1 aliphatic carbocycles. The number of ketones is 1. The van der Waals surface area contributed by atoms with Crippen LogP contribution in [0.5, 0.6) is 0 Å². The summed E-state index contributed by atoms with van der Waals surface area (Å²) >= 11 is 0. The lowest BCUT2D eigenvalue weighted by Gasteiger charge is -2.26. The van der Waals surface area contributed by atoms with Crippen molar-refractivity contribution in [3.63, 3.8) is 0 Å². The largest absolute Gasteiger partial charge is 0.501 e. The van der Waals surface area contributed by atoms with Crippen molar-refractivity contribution >= 4 is 5.78 Å². The first-order valence-electron chi connectivity index (χ1n) is 6.01. The van der Waals surface area contributed by atoms with E-state index in [2.05, 4.69) is 12.5 Å². The summed E-state index contributed by atoms with van der Waals surface area (Å²) in [4.78, 5) is 12.1. The summed E-state index contributed by atoms with van der Waals surface area (Å²) in [5.74, 6) is 3.24. The summed E-state index contributed by atoms with van der Waals surface area (Å²) in [6.07, 6.45) is 8.24. The molecular formula is C15H20O3. The van der Waals surface area contributed by atoms with E-state index in [0.29, 0.717) is 37.0 Å².